The fourth-order valence-electron chi connectivity index (χ4n) is 4.16. The van der Waals surface area contributed by atoms with Gasteiger partial charge in [0.1, 0.15) is 0 Å². The molecule has 1 aromatic carbocycles. The smallest absolute Gasteiger partial charge is 0.262 e. The second kappa shape index (κ2) is 11.0. The molecular formula is C25H33N3O3. The highest BCUT2D eigenvalue weighted by Crippen LogP contribution is 2.18. The number of hydrogen-bond donors (Lipinski definition) is 2. The lowest BCUT2D eigenvalue weighted by Crippen LogP contribution is -2.32. The molecule has 1 atom stereocenters. The fraction of sp³-hybridized carbons (Fsp3) is 0.480. The zero-order valence-corrected chi connectivity index (χ0v) is 18.5. The van der Waals surface area contributed by atoms with Gasteiger partial charge < -0.3 is 15.2 Å². The van der Waals surface area contributed by atoms with E-state index < -0.39 is 0 Å². The van der Waals surface area contributed by atoms with Crippen LogP contribution in [0, 0.1) is 5.92 Å². The van der Waals surface area contributed by atoms with Crippen LogP contribution in [0.5, 0.6) is 0 Å². The van der Waals surface area contributed by atoms with E-state index in [0.29, 0.717) is 12.1 Å². The molecule has 0 saturated carbocycles. The first-order valence-corrected chi connectivity index (χ1v) is 11.3. The summed E-state index contributed by atoms with van der Waals surface area (Å²) < 4.78 is 1.50. The average Bonchev–Trinajstić information content (AvgIpc) is 2.82. The van der Waals surface area contributed by atoms with Crippen LogP contribution in [0.25, 0.3) is 0 Å². The van der Waals surface area contributed by atoms with E-state index in [2.05, 4.69) is 10.6 Å². The molecule has 1 aromatic heterocycles. The minimum atomic E-state index is -0.356. The van der Waals surface area contributed by atoms with Gasteiger partial charge in [-0.15, -0.1) is 0 Å². The fourth-order valence-corrected chi connectivity index (χ4v) is 4.16. The quantitative estimate of drug-likeness (QED) is 0.477. The average molecular weight is 424 g/mol. The Morgan fingerprint density at radius 1 is 1.19 bits per heavy atom. The molecule has 166 valence electrons. The number of ketones is 1. The maximum atomic E-state index is 13.0. The van der Waals surface area contributed by atoms with Crippen molar-refractivity contribution >= 4 is 11.7 Å². The van der Waals surface area contributed by atoms with Crippen LogP contribution in [0.2, 0.25) is 0 Å². The van der Waals surface area contributed by atoms with Crippen molar-refractivity contribution in [2.75, 3.05) is 19.6 Å². The Labute approximate surface area is 184 Å². The van der Waals surface area contributed by atoms with E-state index in [0.717, 1.165) is 37.4 Å². The predicted molar refractivity (Wildman–Crippen MR) is 123 cm³/mol. The van der Waals surface area contributed by atoms with E-state index in [4.69, 9.17) is 0 Å². The number of rotatable bonds is 9. The van der Waals surface area contributed by atoms with E-state index in [1.165, 1.54) is 23.5 Å². The number of aromatic nitrogens is 1. The van der Waals surface area contributed by atoms with E-state index in [-0.39, 0.29) is 35.3 Å². The summed E-state index contributed by atoms with van der Waals surface area (Å²) >= 11 is 0. The standard InChI is InChI=1S/C25H33N3O3/c1-3-23(29)22-16-21(24(30)27-13-7-8-19-11-14-26-15-12-19)17-28(25(22)31)18(2)20-9-5-4-6-10-20/h4-6,9-10,16-19,26H,3,7-8,11-15H2,1-2H3,(H,27,30)/t18-/m1/s1. The van der Waals surface area contributed by atoms with Crippen LogP contribution in [-0.2, 0) is 0 Å². The number of benzene rings is 1. The van der Waals surface area contributed by atoms with Crippen LogP contribution in [0.4, 0.5) is 0 Å². The van der Waals surface area contributed by atoms with Gasteiger partial charge in [0.05, 0.1) is 17.2 Å². The molecule has 6 nitrogen and oxygen atoms in total. The first-order valence-electron chi connectivity index (χ1n) is 11.3. The Morgan fingerprint density at radius 3 is 2.58 bits per heavy atom. The number of carbonyl (C=O) groups is 2. The Hall–Kier alpha value is -2.73. The van der Waals surface area contributed by atoms with Gasteiger partial charge in [-0.1, -0.05) is 37.3 Å². The van der Waals surface area contributed by atoms with Gasteiger partial charge in [-0.2, -0.15) is 0 Å². The van der Waals surface area contributed by atoms with Crippen molar-refractivity contribution in [3.8, 4) is 0 Å². The highest BCUT2D eigenvalue weighted by atomic mass is 16.2. The monoisotopic (exact) mass is 423 g/mol. The molecule has 2 aromatic rings. The van der Waals surface area contributed by atoms with E-state index in [9.17, 15) is 14.4 Å². The van der Waals surface area contributed by atoms with Crippen molar-refractivity contribution in [1.29, 1.82) is 0 Å². The molecular weight excluding hydrogens is 390 g/mol. The van der Waals surface area contributed by atoms with Crippen LogP contribution >= 0.6 is 0 Å². The van der Waals surface area contributed by atoms with Crippen LogP contribution < -0.4 is 16.2 Å². The van der Waals surface area contributed by atoms with Crippen molar-refractivity contribution in [2.24, 2.45) is 5.92 Å². The number of piperidine rings is 1. The molecule has 1 aliphatic rings. The summed E-state index contributed by atoms with van der Waals surface area (Å²) in [5, 5.41) is 6.34. The molecule has 1 amide bonds. The zero-order valence-electron chi connectivity index (χ0n) is 18.5. The van der Waals surface area contributed by atoms with Crippen LogP contribution in [-0.4, -0.2) is 35.9 Å². The number of nitrogens with zero attached hydrogens (tertiary/aromatic N) is 1. The minimum absolute atomic E-state index is 0.0765. The second-order valence-electron chi connectivity index (χ2n) is 8.31. The van der Waals surface area contributed by atoms with E-state index >= 15 is 0 Å². The summed E-state index contributed by atoms with van der Waals surface area (Å²) in [6.07, 6.45) is 6.21. The van der Waals surface area contributed by atoms with Crippen molar-refractivity contribution in [3.63, 3.8) is 0 Å². The molecule has 0 bridgehead atoms. The Morgan fingerprint density at radius 2 is 1.90 bits per heavy atom. The number of carbonyl (C=O) groups excluding carboxylic acids is 2. The van der Waals surface area contributed by atoms with Gasteiger partial charge in [0.2, 0.25) is 0 Å². The van der Waals surface area contributed by atoms with Gasteiger partial charge in [0.15, 0.2) is 5.78 Å². The molecule has 2 heterocycles. The first-order chi connectivity index (χ1) is 15.0. The maximum absolute atomic E-state index is 13.0. The Balaban J connectivity index is 1.76. The molecule has 2 N–H and O–H groups in total. The summed E-state index contributed by atoms with van der Waals surface area (Å²) in [6, 6.07) is 10.8. The third kappa shape index (κ3) is 5.91. The molecule has 1 aliphatic heterocycles. The third-order valence-electron chi connectivity index (χ3n) is 6.16. The normalized spacial score (nSPS) is 15.4. The van der Waals surface area contributed by atoms with Gasteiger partial charge in [-0.25, -0.2) is 0 Å². The van der Waals surface area contributed by atoms with Crippen LogP contribution in [0.3, 0.4) is 0 Å². The van der Waals surface area contributed by atoms with Crippen molar-refractivity contribution in [1.82, 2.24) is 15.2 Å². The lowest BCUT2D eigenvalue weighted by atomic mass is 9.93. The SMILES string of the molecule is CCC(=O)c1cc(C(=O)NCCCC2CCNCC2)cn([C@H](C)c2ccccc2)c1=O. The second-order valence-corrected chi connectivity index (χ2v) is 8.31. The van der Waals surface area contributed by atoms with Gasteiger partial charge in [-0.3, -0.25) is 14.4 Å². The predicted octanol–water partition coefficient (Wildman–Crippen LogP) is 3.56. The van der Waals surface area contributed by atoms with Gasteiger partial charge in [0.25, 0.3) is 11.5 Å². The van der Waals surface area contributed by atoms with Crippen LogP contribution in [0.15, 0.2) is 47.4 Å². The molecule has 6 heteroatoms. The Kier molecular flexibility index (Phi) is 8.18. The molecule has 1 saturated heterocycles. The van der Waals surface area contributed by atoms with Gasteiger partial charge in [0, 0.05) is 19.2 Å². The molecule has 0 unspecified atom stereocenters. The zero-order chi connectivity index (χ0) is 22.2. The minimum Gasteiger partial charge on any atom is -0.352 e. The Bertz CT molecular complexity index is 946. The summed E-state index contributed by atoms with van der Waals surface area (Å²) in [7, 11) is 0. The molecule has 0 radical (unpaired) electrons. The van der Waals surface area contributed by atoms with Crippen molar-refractivity contribution < 1.29 is 9.59 Å². The molecule has 0 aliphatic carbocycles. The summed E-state index contributed by atoms with van der Waals surface area (Å²) in [5.74, 6) is 0.226. The molecule has 3 rings (SSSR count). The van der Waals surface area contributed by atoms with E-state index in [1.54, 1.807) is 13.1 Å². The lowest BCUT2D eigenvalue weighted by Gasteiger charge is -2.22. The summed E-state index contributed by atoms with van der Waals surface area (Å²) in [4.78, 5) is 38.2. The summed E-state index contributed by atoms with van der Waals surface area (Å²) in [6.45, 7) is 6.36. The maximum Gasteiger partial charge on any atom is 0.262 e. The molecule has 1 fully saturated rings. The highest BCUT2D eigenvalue weighted by Gasteiger charge is 2.20. The largest absolute Gasteiger partial charge is 0.352 e. The molecule has 31 heavy (non-hydrogen) atoms. The number of Topliss-reactive ketones (excluding diaryl/α,β-unsaturated/α-hetero) is 1. The van der Waals surface area contributed by atoms with Crippen molar-refractivity contribution in [3.05, 3.63) is 69.6 Å². The number of pyridine rings is 1. The topological polar surface area (TPSA) is 80.2 Å². The number of amides is 1. The van der Waals surface area contributed by atoms with E-state index in [1.807, 2.05) is 37.3 Å². The van der Waals surface area contributed by atoms with Crippen LogP contribution in [0.1, 0.15) is 78.3 Å². The van der Waals surface area contributed by atoms with Crippen molar-refractivity contribution in [2.45, 2.75) is 52.0 Å². The van der Waals surface area contributed by atoms with Gasteiger partial charge >= 0.3 is 0 Å². The third-order valence-corrected chi connectivity index (χ3v) is 6.16. The van der Waals surface area contributed by atoms with Gasteiger partial charge in [-0.05, 0) is 63.2 Å². The number of nitrogens with one attached hydrogen (secondary N) is 2. The molecule has 0 spiro atoms. The first kappa shape index (κ1) is 22.9. The summed E-state index contributed by atoms with van der Waals surface area (Å²) in [5.41, 5.74) is 1.01. The highest BCUT2D eigenvalue weighted by molar-refractivity contribution is 6.00. The number of hydrogen-bond acceptors (Lipinski definition) is 4. The lowest BCUT2D eigenvalue weighted by molar-refractivity contribution is 0.0951.